The highest BCUT2D eigenvalue weighted by Crippen LogP contribution is 2.30. The zero-order chi connectivity index (χ0) is 12.2. The Kier molecular flexibility index (Phi) is 3.59. The van der Waals surface area contributed by atoms with E-state index in [4.69, 9.17) is 10.3 Å². The Morgan fingerprint density at radius 1 is 1.50 bits per heavy atom. The van der Waals surface area contributed by atoms with Crippen LogP contribution in [0.25, 0.3) is 16.0 Å². The number of benzene rings is 1. The zero-order valence-electron chi connectivity index (χ0n) is 9.77. The fraction of sp³-hybridized carbons (Fsp3) is 0.333. The molecule has 1 rings (SSSR count). The maximum Gasteiger partial charge on any atom is 0.119 e. The van der Waals surface area contributed by atoms with E-state index in [1.54, 1.807) is 7.11 Å². The molecule has 1 aromatic rings. The molecule has 1 aromatic carbocycles. The van der Waals surface area contributed by atoms with E-state index in [0.29, 0.717) is 0 Å². The van der Waals surface area contributed by atoms with Gasteiger partial charge in [-0.25, -0.2) is 0 Å². The molecular formula is C12H15N3O. The molecule has 0 spiro atoms. The normalized spacial score (nSPS) is 10.4. The van der Waals surface area contributed by atoms with Gasteiger partial charge in [-0.15, -0.1) is 0 Å². The Morgan fingerprint density at radius 2 is 2.19 bits per heavy atom. The number of azide groups is 1. The first-order chi connectivity index (χ1) is 7.51. The van der Waals surface area contributed by atoms with Crippen LogP contribution in [0.5, 0.6) is 5.75 Å². The SMILES string of the molecule is C=C(c1cccc(OC)c1)C(C)(C)N=[N+]=[N-]. The van der Waals surface area contributed by atoms with Gasteiger partial charge < -0.3 is 4.74 Å². The highest BCUT2D eigenvalue weighted by molar-refractivity contribution is 5.71. The van der Waals surface area contributed by atoms with Gasteiger partial charge in [0.05, 0.1) is 12.6 Å². The summed E-state index contributed by atoms with van der Waals surface area (Å²) in [5.74, 6) is 0.760. The zero-order valence-corrected chi connectivity index (χ0v) is 9.77. The summed E-state index contributed by atoms with van der Waals surface area (Å²) in [7, 11) is 1.61. The van der Waals surface area contributed by atoms with Crippen molar-refractivity contribution in [2.45, 2.75) is 19.4 Å². The largest absolute Gasteiger partial charge is 0.497 e. The summed E-state index contributed by atoms with van der Waals surface area (Å²) >= 11 is 0. The summed E-state index contributed by atoms with van der Waals surface area (Å²) < 4.78 is 5.13. The Balaban J connectivity index is 3.09. The van der Waals surface area contributed by atoms with Crippen molar-refractivity contribution in [2.24, 2.45) is 5.11 Å². The standard InChI is InChI=1S/C12H15N3O/c1-9(12(2,3)14-15-13)10-6-5-7-11(8-10)16-4/h5-8H,1H2,2-4H3. The van der Waals surface area contributed by atoms with Crippen molar-refractivity contribution in [3.63, 3.8) is 0 Å². The molecule has 0 atom stereocenters. The Hall–Kier alpha value is -1.93. The number of hydrogen-bond donors (Lipinski definition) is 0. The molecule has 0 heterocycles. The lowest BCUT2D eigenvalue weighted by molar-refractivity contribution is 0.414. The number of methoxy groups -OCH3 is 1. The molecule has 0 aromatic heterocycles. The van der Waals surface area contributed by atoms with Gasteiger partial charge in [0, 0.05) is 4.91 Å². The first kappa shape index (κ1) is 12.1. The average molecular weight is 217 g/mol. The topological polar surface area (TPSA) is 58.0 Å². The van der Waals surface area contributed by atoms with Crippen LogP contribution in [-0.4, -0.2) is 12.6 Å². The van der Waals surface area contributed by atoms with E-state index in [9.17, 15) is 0 Å². The van der Waals surface area contributed by atoms with E-state index in [1.165, 1.54) is 0 Å². The van der Waals surface area contributed by atoms with Gasteiger partial charge in [0.15, 0.2) is 0 Å². The first-order valence-electron chi connectivity index (χ1n) is 4.91. The van der Waals surface area contributed by atoms with Crippen LogP contribution in [0, 0.1) is 0 Å². The molecule has 0 radical (unpaired) electrons. The minimum atomic E-state index is -0.638. The second kappa shape index (κ2) is 4.73. The Morgan fingerprint density at radius 3 is 2.75 bits per heavy atom. The molecule has 0 amide bonds. The van der Waals surface area contributed by atoms with Gasteiger partial charge in [-0.3, -0.25) is 0 Å². The van der Waals surface area contributed by atoms with Gasteiger partial charge in [0.25, 0.3) is 0 Å². The maximum absolute atomic E-state index is 8.49. The lowest BCUT2D eigenvalue weighted by atomic mass is 9.90. The minimum absolute atomic E-state index is 0.638. The van der Waals surface area contributed by atoms with Crippen LogP contribution in [0.4, 0.5) is 0 Å². The predicted octanol–water partition coefficient (Wildman–Crippen LogP) is 3.80. The average Bonchev–Trinajstić information content (AvgIpc) is 2.28. The molecule has 0 saturated heterocycles. The van der Waals surface area contributed by atoms with Crippen LogP contribution in [0.1, 0.15) is 19.4 Å². The van der Waals surface area contributed by atoms with E-state index < -0.39 is 5.54 Å². The van der Waals surface area contributed by atoms with E-state index in [1.807, 2.05) is 38.1 Å². The van der Waals surface area contributed by atoms with Crippen molar-refractivity contribution in [1.29, 1.82) is 0 Å². The molecule has 4 heteroatoms. The van der Waals surface area contributed by atoms with Gasteiger partial charge >= 0.3 is 0 Å². The molecule has 0 unspecified atom stereocenters. The fourth-order valence-corrected chi connectivity index (χ4v) is 1.34. The molecule has 0 fully saturated rings. The van der Waals surface area contributed by atoms with Crippen molar-refractivity contribution in [1.82, 2.24) is 0 Å². The quantitative estimate of drug-likeness (QED) is 0.430. The van der Waals surface area contributed by atoms with E-state index in [-0.39, 0.29) is 0 Å². The Bertz CT molecular complexity index is 445. The molecule has 4 nitrogen and oxygen atoms in total. The highest BCUT2D eigenvalue weighted by atomic mass is 16.5. The second-order valence-corrected chi connectivity index (χ2v) is 3.96. The summed E-state index contributed by atoms with van der Waals surface area (Å²) in [6.45, 7) is 7.63. The molecule has 0 bridgehead atoms. The fourth-order valence-electron chi connectivity index (χ4n) is 1.34. The van der Waals surface area contributed by atoms with Crippen molar-refractivity contribution >= 4 is 5.57 Å². The van der Waals surface area contributed by atoms with Crippen molar-refractivity contribution < 1.29 is 4.74 Å². The van der Waals surface area contributed by atoms with Gasteiger partial charge in [-0.1, -0.05) is 37.7 Å². The number of hydrogen-bond acceptors (Lipinski definition) is 2. The molecule has 0 aliphatic carbocycles. The maximum atomic E-state index is 8.49. The van der Waals surface area contributed by atoms with Crippen molar-refractivity contribution in [3.8, 4) is 5.75 Å². The third-order valence-corrected chi connectivity index (χ3v) is 2.45. The Labute approximate surface area is 95.2 Å². The lowest BCUT2D eigenvalue weighted by Gasteiger charge is -2.21. The highest BCUT2D eigenvalue weighted by Gasteiger charge is 2.21. The van der Waals surface area contributed by atoms with E-state index >= 15 is 0 Å². The van der Waals surface area contributed by atoms with Crippen LogP contribution < -0.4 is 4.74 Å². The summed E-state index contributed by atoms with van der Waals surface area (Å²) in [4.78, 5) is 2.83. The van der Waals surface area contributed by atoms with Gasteiger partial charge in [-0.05, 0) is 28.8 Å². The van der Waals surface area contributed by atoms with Crippen LogP contribution in [0.3, 0.4) is 0 Å². The molecular weight excluding hydrogens is 202 g/mol. The summed E-state index contributed by atoms with van der Waals surface area (Å²) in [5, 5.41) is 3.73. The smallest absolute Gasteiger partial charge is 0.119 e. The van der Waals surface area contributed by atoms with Crippen LogP contribution in [-0.2, 0) is 0 Å². The minimum Gasteiger partial charge on any atom is -0.497 e. The third kappa shape index (κ3) is 2.55. The molecule has 0 aliphatic heterocycles. The van der Waals surface area contributed by atoms with Gasteiger partial charge in [0.1, 0.15) is 5.75 Å². The van der Waals surface area contributed by atoms with Gasteiger partial charge in [-0.2, -0.15) is 0 Å². The second-order valence-electron chi connectivity index (χ2n) is 3.96. The molecule has 0 N–H and O–H groups in total. The first-order valence-corrected chi connectivity index (χ1v) is 4.91. The van der Waals surface area contributed by atoms with E-state index in [0.717, 1.165) is 16.9 Å². The van der Waals surface area contributed by atoms with Crippen molar-refractivity contribution in [3.05, 3.63) is 46.9 Å². The van der Waals surface area contributed by atoms with Crippen LogP contribution in [0.15, 0.2) is 36.0 Å². The summed E-state index contributed by atoms with van der Waals surface area (Å²) in [6.07, 6.45) is 0. The lowest BCUT2D eigenvalue weighted by Crippen LogP contribution is -2.17. The predicted molar refractivity (Wildman–Crippen MR) is 65.3 cm³/mol. The van der Waals surface area contributed by atoms with Crippen molar-refractivity contribution in [2.75, 3.05) is 7.11 Å². The number of ether oxygens (including phenoxy) is 1. The summed E-state index contributed by atoms with van der Waals surface area (Å²) in [5.41, 5.74) is 9.53. The van der Waals surface area contributed by atoms with Crippen LogP contribution in [0.2, 0.25) is 0 Å². The van der Waals surface area contributed by atoms with E-state index in [2.05, 4.69) is 16.6 Å². The van der Waals surface area contributed by atoms with Crippen LogP contribution >= 0.6 is 0 Å². The molecule has 16 heavy (non-hydrogen) atoms. The molecule has 0 aliphatic rings. The summed E-state index contributed by atoms with van der Waals surface area (Å²) in [6, 6.07) is 7.53. The monoisotopic (exact) mass is 217 g/mol. The van der Waals surface area contributed by atoms with Gasteiger partial charge in [0.2, 0.25) is 0 Å². The molecule has 84 valence electrons. The number of rotatable bonds is 4. The molecule has 0 saturated carbocycles. The number of nitrogens with zero attached hydrogens (tertiary/aromatic N) is 3. The third-order valence-electron chi connectivity index (χ3n) is 2.45.